The molecular weight excluding hydrogens is 339 g/mol. The number of hydrogen-bond acceptors (Lipinski definition) is 2. The zero-order chi connectivity index (χ0) is 19.1. The van der Waals surface area contributed by atoms with E-state index >= 15 is 0 Å². The predicted octanol–water partition coefficient (Wildman–Crippen LogP) is 4.67. The number of likely N-dealkylation sites (tertiary alicyclic amines) is 1. The Balaban J connectivity index is 1.62. The van der Waals surface area contributed by atoms with E-state index in [-0.39, 0.29) is 17.8 Å². The van der Waals surface area contributed by atoms with Crippen molar-refractivity contribution in [3.05, 3.63) is 66.0 Å². The quantitative estimate of drug-likeness (QED) is 0.709. The fraction of sp³-hybridized carbons (Fsp3) is 0.435. The van der Waals surface area contributed by atoms with Crippen LogP contribution in [0.3, 0.4) is 0 Å². The van der Waals surface area contributed by atoms with Gasteiger partial charge in [-0.05, 0) is 43.4 Å². The molecule has 0 unspecified atom stereocenters. The molecule has 2 aromatic carbocycles. The van der Waals surface area contributed by atoms with Crippen molar-refractivity contribution in [2.24, 2.45) is 0 Å². The minimum atomic E-state index is -0.312. The molecule has 1 saturated heterocycles. The van der Waals surface area contributed by atoms with E-state index in [1.54, 1.807) is 23.1 Å². The summed E-state index contributed by atoms with van der Waals surface area (Å²) < 4.78 is 14.4. The van der Waals surface area contributed by atoms with Crippen LogP contribution >= 0.6 is 0 Å². The Morgan fingerprint density at radius 1 is 1.07 bits per heavy atom. The zero-order valence-corrected chi connectivity index (χ0v) is 16.1. The minimum Gasteiger partial charge on any atom is -0.306 e. The molecule has 0 radical (unpaired) electrons. The van der Waals surface area contributed by atoms with Gasteiger partial charge in [0.05, 0.1) is 5.69 Å². The van der Waals surface area contributed by atoms with Gasteiger partial charge in [0, 0.05) is 32.1 Å². The highest BCUT2D eigenvalue weighted by Crippen LogP contribution is 2.27. The molecule has 27 heavy (non-hydrogen) atoms. The number of para-hydroxylation sites is 1. The predicted molar refractivity (Wildman–Crippen MR) is 108 cm³/mol. The van der Waals surface area contributed by atoms with Gasteiger partial charge in [-0.3, -0.25) is 4.79 Å². The van der Waals surface area contributed by atoms with Gasteiger partial charge < -0.3 is 9.80 Å². The van der Waals surface area contributed by atoms with Gasteiger partial charge in [0.15, 0.2) is 0 Å². The van der Waals surface area contributed by atoms with E-state index in [9.17, 15) is 9.18 Å². The number of hydrogen-bond donors (Lipinski definition) is 0. The number of carbonyl (C=O) groups excluding carboxylic acids is 1. The molecule has 0 saturated carbocycles. The number of nitrogens with zero attached hydrogens (tertiary/aromatic N) is 2. The van der Waals surface area contributed by atoms with Gasteiger partial charge in [0.2, 0.25) is 5.91 Å². The standard InChI is InChI=1S/C23H29FN2O/c1-2-8-23(27)26(22-12-7-6-11-21(22)24)20-14-17-25(18-15-20)16-13-19-9-4-3-5-10-19/h3-7,9-12,20H,2,8,13-18H2,1H3. The molecule has 0 aliphatic carbocycles. The molecule has 0 spiro atoms. The van der Waals surface area contributed by atoms with Crippen molar-refractivity contribution in [3.8, 4) is 0 Å². The third-order valence-electron chi connectivity index (χ3n) is 5.33. The SMILES string of the molecule is CCCC(=O)N(c1ccccc1F)C1CCN(CCc2ccccc2)CC1. The van der Waals surface area contributed by atoms with E-state index in [1.807, 2.05) is 13.0 Å². The number of carbonyl (C=O) groups is 1. The Hall–Kier alpha value is -2.20. The molecule has 0 atom stereocenters. The third kappa shape index (κ3) is 5.16. The number of benzene rings is 2. The molecule has 1 aliphatic heterocycles. The molecule has 0 aromatic heterocycles. The summed E-state index contributed by atoms with van der Waals surface area (Å²) in [4.78, 5) is 16.9. The summed E-state index contributed by atoms with van der Waals surface area (Å²) >= 11 is 0. The first kappa shape index (κ1) is 19.6. The Morgan fingerprint density at radius 3 is 2.41 bits per heavy atom. The van der Waals surface area contributed by atoms with Crippen LogP contribution in [0.2, 0.25) is 0 Å². The van der Waals surface area contributed by atoms with Crippen LogP contribution in [-0.2, 0) is 11.2 Å². The topological polar surface area (TPSA) is 23.6 Å². The lowest BCUT2D eigenvalue weighted by atomic mass is 10.0. The van der Waals surface area contributed by atoms with Gasteiger partial charge in [0.1, 0.15) is 5.82 Å². The van der Waals surface area contributed by atoms with E-state index in [1.165, 1.54) is 11.6 Å². The number of amides is 1. The second-order valence-electron chi connectivity index (χ2n) is 7.27. The number of anilines is 1. The molecule has 144 valence electrons. The summed E-state index contributed by atoms with van der Waals surface area (Å²) in [7, 11) is 0. The molecule has 1 amide bonds. The van der Waals surface area contributed by atoms with Crippen molar-refractivity contribution in [2.45, 2.75) is 45.1 Å². The third-order valence-corrected chi connectivity index (χ3v) is 5.33. The minimum absolute atomic E-state index is 0.0327. The van der Waals surface area contributed by atoms with E-state index in [2.05, 4.69) is 29.2 Å². The first-order chi connectivity index (χ1) is 13.2. The molecule has 1 aliphatic rings. The second kappa shape index (κ2) is 9.65. The molecule has 4 heteroatoms. The van der Waals surface area contributed by atoms with Crippen molar-refractivity contribution < 1.29 is 9.18 Å². The number of halogens is 1. The van der Waals surface area contributed by atoms with Crippen LogP contribution in [0.15, 0.2) is 54.6 Å². The lowest BCUT2D eigenvalue weighted by Crippen LogP contribution is -2.48. The lowest BCUT2D eigenvalue weighted by Gasteiger charge is -2.38. The van der Waals surface area contributed by atoms with E-state index in [0.717, 1.165) is 45.3 Å². The fourth-order valence-corrected chi connectivity index (χ4v) is 3.85. The van der Waals surface area contributed by atoms with E-state index < -0.39 is 0 Å². The monoisotopic (exact) mass is 368 g/mol. The van der Waals surface area contributed by atoms with Gasteiger partial charge in [-0.15, -0.1) is 0 Å². The Morgan fingerprint density at radius 2 is 1.74 bits per heavy atom. The molecule has 2 aromatic rings. The smallest absolute Gasteiger partial charge is 0.227 e. The highest BCUT2D eigenvalue weighted by Gasteiger charge is 2.30. The van der Waals surface area contributed by atoms with Gasteiger partial charge in [0.25, 0.3) is 0 Å². The first-order valence-corrected chi connectivity index (χ1v) is 10.0. The van der Waals surface area contributed by atoms with E-state index in [0.29, 0.717) is 12.1 Å². The highest BCUT2D eigenvalue weighted by molar-refractivity contribution is 5.94. The Labute approximate surface area is 161 Å². The molecule has 1 heterocycles. The van der Waals surface area contributed by atoms with Crippen molar-refractivity contribution in [1.29, 1.82) is 0 Å². The van der Waals surface area contributed by atoms with Gasteiger partial charge in [-0.25, -0.2) is 4.39 Å². The summed E-state index contributed by atoms with van der Waals surface area (Å²) in [6.07, 6.45) is 4.05. The van der Waals surface area contributed by atoms with Crippen molar-refractivity contribution in [3.63, 3.8) is 0 Å². The second-order valence-corrected chi connectivity index (χ2v) is 7.27. The average molecular weight is 368 g/mol. The Kier molecular flexibility index (Phi) is 6.99. The van der Waals surface area contributed by atoms with Crippen LogP contribution < -0.4 is 4.90 Å². The van der Waals surface area contributed by atoms with Crippen LogP contribution in [0.1, 0.15) is 38.2 Å². The van der Waals surface area contributed by atoms with Gasteiger partial charge in [-0.1, -0.05) is 49.4 Å². The maximum Gasteiger partial charge on any atom is 0.227 e. The molecule has 3 nitrogen and oxygen atoms in total. The van der Waals surface area contributed by atoms with E-state index in [4.69, 9.17) is 0 Å². The van der Waals surface area contributed by atoms with Crippen LogP contribution in [0.4, 0.5) is 10.1 Å². The summed E-state index contributed by atoms with van der Waals surface area (Å²) in [5, 5.41) is 0. The summed E-state index contributed by atoms with van der Waals surface area (Å²) in [6, 6.07) is 17.2. The van der Waals surface area contributed by atoms with Crippen molar-refractivity contribution >= 4 is 11.6 Å². The summed E-state index contributed by atoms with van der Waals surface area (Å²) in [5.74, 6) is -0.279. The molecule has 1 fully saturated rings. The largest absolute Gasteiger partial charge is 0.306 e. The fourth-order valence-electron chi connectivity index (χ4n) is 3.85. The molecular formula is C23H29FN2O. The van der Waals surface area contributed by atoms with Gasteiger partial charge in [-0.2, -0.15) is 0 Å². The summed E-state index contributed by atoms with van der Waals surface area (Å²) in [6.45, 7) is 4.91. The highest BCUT2D eigenvalue weighted by atomic mass is 19.1. The molecule has 0 bridgehead atoms. The van der Waals surface area contributed by atoms with Gasteiger partial charge >= 0.3 is 0 Å². The summed E-state index contributed by atoms with van der Waals surface area (Å²) in [5.41, 5.74) is 1.78. The van der Waals surface area contributed by atoms with Crippen molar-refractivity contribution in [1.82, 2.24) is 4.90 Å². The number of rotatable bonds is 7. The lowest BCUT2D eigenvalue weighted by molar-refractivity contribution is -0.119. The molecule has 0 N–H and O–H groups in total. The number of piperidine rings is 1. The zero-order valence-electron chi connectivity index (χ0n) is 16.1. The van der Waals surface area contributed by atoms with Crippen LogP contribution in [-0.4, -0.2) is 36.5 Å². The molecule has 3 rings (SSSR count). The average Bonchev–Trinajstić information content (AvgIpc) is 2.70. The van der Waals surface area contributed by atoms with Crippen LogP contribution in [0.25, 0.3) is 0 Å². The first-order valence-electron chi connectivity index (χ1n) is 10.0. The van der Waals surface area contributed by atoms with Crippen LogP contribution in [0, 0.1) is 5.82 Å². The van der Waals surface area contributed by atoms with Crippen molar-refractivity contribution in [2.75, 3.05) is 24.5 Å². The maximum absolute atomic E-state index is 14.4. The van der Waals surface area contributed by atoms with Crippen LogP contribution in [0.5, 0.6) is 0 Å². The normalized spacial score (nSPS) is 15.6. The Bertz CT molecular complexity index is 726. The maximum atomic E-state index is 14.4.